The second kappa shape index (κ2) is 10.6. The maximum atomic E-state index is 14.6. The van der Waals surface area contributed by atoms with Crippen LogP contribution < -0.4 is 4.74 Å². The number of carbonyl (C=O) groups is 2. The average Bonchev–Trinajstić information content (AvgIpc) is 2.78. The molecule has 1 unspecified atom stereocenters. The number of aromatic nitrogens is 1. The minimum atomic E-state index is -1.10. The Morgan fingerprint density at radius 2 is 2.12 bits per heavy atom. The van der Waals surface area contributed by atoms with Gasteiger partial charge in [-0.2, -0.15) is 0 Å². The molecule has 1 fully saturated rings. The molecule has 1 aliphatic rings. The van der Waals surface area contributed by atoms with Crippen molar-refractivity contribution < 1.29 is 23.8 Å². The van der Waals surface area contributed by atoms with Crippen LogP contribution in [0.5, 0.6) is 5.75 Å². The number of hydrogen-bond acceptors (Lipinski definition) is 5. The molecule has 1 aromatic carbocycles. The van der Waals surface area contributed by atoms with Crippen LogP contribution in [0.25, 0.3) is 0 Å². The van der Waals surface area contributed by atoms with Gasteiger partial charge in [0.05, 0.1) is 6.20 Å². The van der Waals surface area contributed by atoms with E-state index in [0.717, 1.165) is 0 Å². The summed E-state index contributed by atoms with van der Waals surface area (Å²) >= 11 is 0. The maximum Gasteiger partial charge on any atom is 0.354 e. The average molecular weight is 456 g/mol. The molecular formula is C25H30FN3O4. The Labute approximate surface area is 193 Å². The van der Waals surface area contributed by atoms with Crippen LogP contribution in [-0.4, -0.2) is 64.0 Å². The number of nitrogens with zero attached hydrogens (tertiary/aromatic N) is 3. The fourth-order valence-corrected chi connectivity index (χ4v) is 4.14. The number of benzene rings is 1. The molecule has 176 valence electrons. The number of piperazine rings is 1. The minimum absolute atomic E-state index is 0.00265. The van der Waals surface area contributed by atoms with Crippen molar-refractivity contribution in [3.63, 3.8) is 0 Å². The number of ether oxygens (including phenoxy) is 1. The van der Waals surface area contributed by atoms with Gasteiger partial charge in [-0.15, -0.1) is 0 Å². The lowest BCUT2D eigenvalue weighted by Crippen LogP contribution is -2.54. The second-order valence-electron chi connectivity index (χ2n) is 8.30. The van der Waals surface area contributed by atoms with Crippen molar-refractivity contribution >= 4 is 11.9 Å². The van der Waals surface area contributed by atoms with E-state index < -0.39 is 12.1 Å². The van der Waals surface area contributed by atoms with Crippen molar-refractivity contribution in [3.8, 4) is 5.75 Å². The largest absolute Gasteiger partial charge is 0.483 e. The van der Waals surface area contributed by atoms with Gasteiger partial charge in [0.25, 0.3) is 0 Å². The SMILES string of the molecule is C=CC(=O)N1CCN(CC(Oc2cnc(C(=O)O)c(C)c2)c2ccc(CC)c(F)c2)C[C@H]1C. The summed E-state index contributed by atoms with van der Waals surface area (Å²) in [5.41, 5.74) is 1.76. The molecule has 0 bridgehead atoms. The minimum Gasteiger partial charge on any atom is -0.483 e. The molecule has 0 aliphatic carbocycles. The first-order valence-electron chi connectivity index (χ1n) is 11.0. The van der Waals surface area contributed by atoms with Crippen LogP contribution in [0.2, 0.25) is 0 Å². The van der Waals surface area contributed by atoms with E-state index in [9.17, 15) is 19.1 Å². The zero-order chi connectivity index (χ0) is 24.1. The number of hydrogen-bond donors (Lipinski definition) is 1. The van der Waals surface area contributed by atoms with Crippen LogP contribution in [-0.2, 0) is 11.2 Å². The normalized spacial score (nSPS) is 17.5. The quantitative estimate of drug-likeness (QED) is 0.612. The second-order valence-corrected chi connectivity index (χ2v) is 8.30. The highest BCUT2D eigenvalue weighted by Gasteiger charge is 2.29. The maximum absolute atomic E-state index is 14.6. The van der Waals surface area contributed by atoms with Crippen molar-refractivity contribution in [1.29, 1.82) is 0 Å². The number of carboxylic acids is 1. The Morgan fingerprint density at radius 1 is 1.36 bits per heavy atom. The number of pyridine rings is 1. The smallest absolute Gasteiger partial charge is 0.354 e. The molecule has 0 saturated carbocycles. The number of carbonyl (C=O) groups excluding carboxylic acids is 1. The predicted octanol–water partition coefficient (Wildman–Crippen LogP) is 3.63. The fourth-order valence-electron chi connectivity index (χ4n) is 4.14. The van der Waals surface area contributed by atoms with Crippen LogP contribution in [0.4, 0.5) is 4.39 Å². The molecule has 1 aromatic heterocycles. The number of halogens is 1. The molecule has 1 amide bonds. The summed E-state index contributed by atoms with van der Waals surface area (Å²) in [4.78, 5) is 31.3. The third-order valence-electron chi connectivity index (χ3n) is 5.96. The summed E-state index contributed by atoms with van der Waals surface area (Å²) in [7, 11) is 0. The van der Waals surface area contributed by atoms with Crippen molar-refractivity contribution in [2.75, 3.05) is 26.2 Å². The predicted molar refractivity (Wildman–Crippen MR) is 123 cm³/mol. The number of amides is 1. The van der Waals surface area contributed by atoms with Gasteiger partial charge in [-0.25, -0.2) is 14.2 Å². The van der Waals surface area contributed by atoms with Gasteiger partial charge < -0.3 is 14.7 Å². The van der Waals surface area contributed by atoms with E-state index in [1.54, 1.807) is 24.0 Å². The summed E-state index contributed by atoms with van der Waals surface area (Å²) in [5, 5.41) is 9.23. The molecule has 3 rings (SSSR count). The number of carboxylic acid groups (broad SMARTS) is 1. The van der Waals surface area contributed by atoms with Gasteiger partial charge in [0, 0.05) is 32.2 Å². The highest BCUT2D eigenvalue weighted by atomic mass is 19.1. The lowest BCUT2D eigenvalue weighted by Gasteiger charge is -2.40. The molecule has 2 aromatic rings. The van der Waals surface area contributed by atoms with Gasteiger partial charge in [-0.05, 0) is 55.2 Å². The van der Waals surface area contributed by atoms with Crippen LogP contribution in [0, 0.1) is 12.7 Å². The van der Waals surface area contributed by atoms with E-state index in [-0.39, 0.29) is 23.5 Å². The standard InChI is InChI=1S/C25H30FN3O4/c1-5-18-7-8-19(12-21(18)26)22(33-20-11-16(3)24(25(31)32)27-13-20)15-28-9-10-29(17(4)14-28)23(30)6-2/h6-8,11-13,17,22H,2,5,9-10,14-15H2,1,3-4H3,(H,31,32)/t17-,22?/m1/s1. The van der Waals surface area contributed by atoms with Crippen LogP contribution in [0.3, 0.4) is 0 Å². The Bertz CT molecular complexity index is 1040. The molecule has 0 radical (unpaired) electrons. The Morgan fingerprint density at radius 3 is 2.70 bits per heavy atom. The van der Waals surface area contributed by atoms with Crippen molar-refractivity contribution in [3.05, 3.63) is 71.3 Å². The zero-order valence-electron chi connectivity index (χ0n) is 19.3. The summed E-state index contributed by atoms with van der Waals surface area (Å²) in [5.74, 6) is -1.06. The van der Waals surface area contributed by atoms with Gasteiger partial charge >= 0.3 is 5.97 Å². The molecule has 1 saturated heterocycles. The van der Waals surface area contributed by atoms with E-state index >= 15 is 0 Å². The lowest BCUT2D eigenvalue weighted by atomic mass is 10.0. The first-order chi connectivity index (χ1) is 15.7. The Hall–Kier alpha value is -3.26. The van der Waals surface area contributed by atoms with Gasteiger partial charge in [-0.1, -0.05) is 25.6 Å². The van der Waals surface area contributed by atoms with Gasteiger partial charge in [0.2, 0.25) is 5.91 Å². The lowest BCUT2D eigenvalue weighted by molar-refractivity contribution is -0.130. The summed E-state index contributed by atoms with van der Waals surface area (Å²) in [6.07, 6.45) is 2.79. The molecule has 2 heterocycles. The van der Waals surface area contributed by atoms with Gasteiger partial charge in [0.15, 0.2) is 5.69 Å². The third kappa shape index (κ3) is 5.76. The van der Waals surface area contributed by atoms with Gasteiger partial charge in [0.1, 0.15) is 17.7 Å². The monoisotopic (exact) mass is 455 g/mol. The van der Waals surface area contributed by atoms with E-state index in [2.05, 4.69) is 16.5 Å². The van der Waals surface area contributed by atoms with E-state index in [1.807, 2.05) is 19.9 Å². The summed E-state index contributed by atoms with van der Waals surface area (Å²) in [6, 6.07) is 6.75. The van der Waals surface area contributed by atoms with Gasteiger partial charge in [-0.3, -0.25) is 9.69 Å². The van der Waals surface area contributed by atoms with Crippen molar-refractivity contribution in [1.82, 2.24) is 14.8 Å². The van der Waals surface area contributed by atoms with Crippen LogP contribution >= 0.6 is 0 Å². The molecule has 33 heavy (non-hydrogen) atoms. The van der Waals surface area contributed by atoms with Crippen molar-refractivity contribution in [2.24, 2.45) is 0 Å². The van der Waals surface area contributed by atoms with E-state index in [0.29, 0.717) is 55.0 Å². The summed E-state index contributed by atoms with van der Waals surface area (Å²) < 4.78 is 20.8. The fraction of sp³-hybridized carbons (Fsp3) is 0.400. The number of aryl methyl sites for hydroxylation is 2. The first-order valence-corrected chi connectivity index (χ1v) is 11.0. The summed E-state index contributed by atoms with van der Waals surface area (Å²) in [6.45, 7) is 11.4. The number of aromatic carboxylic acids is 1. The molecule has 0 spiro atoms. The van der Waals surface area contributed by atoms with E-state index in [4.69, 9.17) is 4.74 Å². The first kappa shape index (κ1) is 24.4. The molecule has 2 atom stereocenters. The highest BCUT2D eigenvalue weighted by Crippen LogP contribution is 2.27. The molecule has 7 nitrogen and oxygen atoms in total. The third-order valence-corrected chi connectivity index (χ3v) is 5.96. The topological polar surface area (TPSA) is 83.0 Å². The molecule has 8 heteroatoms. The molecule has 1 N–H and O–H groups in total. The highest BCUT2D eigenvalue weighted by molar-refractivity contribution is 5.87. The zero-order valence-corrected chi connectivity index (χ0v) is 19.3. The Balaban J connectivity index is 1.84. The van der Waals surface area contributed by atoms with Crippen LogP contribution in [0.15, 0.2) is 43.1 Å². The molecular weight excluding hydrogens is 425 g/mol. The Kier molecular flexibility index (Phi) is 7.81. The number of rotatable bonds is 8. The molecule has 1 aliphatic heterocycles. The van der Waals surface area contributed by atoms with Crippen molar-refractivity contribution in [2.45, 2.75) is 39.3 Å². The van der Waals surface area contributed by atoms with Crippen LogP contribution in [0.1, 0.15) is 47.1 Å². The van der Waals surface area contributed by atoms with E-state index in [1.165, 1.54) is 18.3 Å².